The van der Waals surface area contributed by atoms with Crippen LogP contribution in [0.15, 0.2) is 0 Å². The van der Waals surface area contributed by atoms with Crippen LogP contribution in [-0.4, -0.2) is 77.4 Å². The van der Waals surface area contributed by atoms with Crippen molar-refractivity contribution >= 4 is 35.9 Å². The quantitative estimate of drug-likeness (QED) is 0.0915. The molecule has 0 radical (unpaired) electrons. The summed E-state index contributed by atoms with van der Waals surface area (Å²) in [5, 5.41) is 24.4. The van der Waals surface area contributed by atoms with Crippen molar-refractivity contribution in [3.05, 3.63) is 0 Å². The summed E-state index contributed by atoms with van der Waals surface area (Å²) in [4.78, 5) is 68.8. The van der Waals surface area contributed by atoms with Crippen LogP contribution in [0.1, 0.15) is 44.9 Å². The Morgan fingerprint density at radius 2 is 1.48 bits per heavy atom. The van der Waals surface area contributed by atoms with E-state index in [1.807, 2.05) is 0 Å². The van der Waals surface area contributed by atoms with Crippen LogP contribution in [0.2, 0.25) is 0 Å². The molecule has 0 saturated heterocycles. The van der Waals surface area contributed by atoms with E-state index in [0.717, 1.165) is 0 Å². The van der Waals surface area contributed by atoms with Crippen LogP contribution in [0, 0.1) is 0 Å². The van der Waals surface area contributed by atoms with E-state index >= 15 is 0 Å². The zero-order valence-electron chi connectivity index (χ0n) is 17.2. The first-order chi connectivity index (χ1) is 14.6. The Labute approximate surface area is 179 Å². The maximum absolute atomic E-state index is 12.4. The van der Waals surface area contributed by atoms with E-state index in [0.29, 0.717) is 32.1 Å². The van der Waals surface area contributed by atoms with Crippen LogP contribution >= 0.6 is 0 Å². The predicted octanol–water partition coefficient (Wildman–Crippen LogP) is -2.54. The average molecular weight is 445 g/mol. The minimum atomic E-state index is -1.30. The number of aldehydes is 1. The van der Waals surface area contributed by atoms with E-state index in [1.165, 1.54) is 0 Å². The molecule has 0 aliphatic rings. The summed E-state index contributed by atoms with van der Waals surface area (Å²) in [5.41, 5.74) is 11.1. The molecular formula is C18H31N5O8. The van der Waals surface area contributed by atoms with E-state index < -0.39 is 60.8 Å². The first-order valence-corrected chi connectivity index (χ1v) is 9.82. The topological polar surface area (TPSA) is 231 Å². The number of hydrogen-bond donors (Lipinski definition) is 7. The number of carboxylic acid groups (broad SMARTS) is 2. The highest BCUT2D eigenvalue weighted by atomic mass is 16.4. The fourth-order valence-electron chi connectivity index (χ4n) is 2.46. The lowest BCUT2D eigenvalue weighted by atomic mass is 10.1. The van der Waals surface area contributed by atoms with E-state index in [4.69, 9.17) is 21.7 Å². The SMILES string of the molecule is NCCCC[C@H](N)C(=O)NCC(=O)N[C@@H](CCC(=O)O)C(=O)N[C@H](C=O)CCC(=O)O. The molecule has 9 N–H and O–H groups in total. The van der Waals surface area contributed by atoms with Gasteiger partial charge in [0.05, 0.1) is 18.6 Å². The van der Waals surface area contributed by atoms with Gasteiger partial charge >= 0.3 is 11.9 Å². The van der Waals surface area contributed by atoms with E-state index in [9.17, 15) is 28.8 Å². The van der Waals surface area contributed by atoms with Gasteiger partial charge in [-0.1, -0.05) is 6.42 Å². The van der Waals surface area contributed by atoms with E-state index in [-0.39, 0.29) is 19.3 Å². The summed E-state index contributed by atoms with van der Waals surface area (Å²) < 4.78 is 0. The minimum Gasteiger partial charge on any atom is -0.481 e. The summed E-state index contributed by atoms with van der Waals surface area (Å²) in [6.45, 7) is -0.0196. The molecule has 13 nitrogen and oxygen atoms in total. The number of carbonyl (C=O) groups is 6. The van der Waals surface area contributed by atoms with Crippen LogP contribution in [0.3, 0.4) is 0 Å². The van der Waals surface area contributed by atoms with Crippen molar-refractivity contribution < 1.29 is 39.0 Å². The fourth-order valence-corrected chi connectivity index (χ4v) is 2.46. The third-order valence-electron chi connectivity index (χ3n) is 4.19. The Morgan fingerprint density at radius 1 is 0.871 bits per heavy atom. The molecule has 3 atom stereocenters. The molecule has 0 aliphatic carbocycles. The highest BCUT2D eigenvalue weighted by molar-refractivity contribution is 5.92. The monoisotopic (exact) mass is 445 g/mol. The highest BCUT2D eigenvalue weighted by Gasteiger charge is 2.24. The molecule has 0 rings (SSSR count). The largest absolute Gasteiger partial charge is 0.481 e. The zero-order valence-corrected chi connectivity index (χ0v) is 17.2. The van der Waals surface area contributed by atoms with Gasteiger partial charge in [0.2, 0.25) is 17.7 Å². The molecule has 0 aliphatic heterocycles. The van der Waals surface area contributed by atoms with Gasteiger partial charge in [-0.2, -0.15) is 0 Å². The molecule has 0 fully saturated rings. The Hall–Kier alpha value is -3.06. The normalized spacial score (nSPS) is 13.4. The second-order valence-corrected chi connectivity index (χ2v) is 6.84. The van der Waals surface area contributed by atoms with Gasteiger partial charge in [-0.05, 0) is 32.2 Å². The second kappa shape index (κ2) is 15.7. The maximum Gasteiger partial charge on any atom is 0.303 e. The number of rotatable bonds is 17. The third-order valence-corrected chi connectivity index (χ3v) is 4.19. The van der Waals surface area contributed by atoms with Crippen LogP contribution in [0.5, 0.6) is 0 Å². The van der Waals surface area contributed by atoms with Crippen molar-refractivity contribution in [3.63, 3.8) is 0 Å². The van der Waals surface area contributed by atoms with Crippen molar-refractivity contribution in [1.82, 2.24) is 16.0 Å². The van der Waals surface area contributed by atoms with Gasteiger partial charge in [-0.15, -0.1) is 0 Å². The molecule has 31 heavy (non-hydrogen) atoms. The standard InChI is InChI=1S/C18H31N5O8/c19-8-2-1-3-12(20)17(30)21-9-14(25)23-13(5-7-16(28)29)18(31)22-11(10-24)4-6-15(26)27/h10-13H,1-9,19-20H2,(H,21,30)(H,22,31)(H,23,25)(H,26,27)(H,28,29)/t11-,12-,13-/m0/s1. The molecule has 0 aromatic carbocycles. The zero-order chi connectivity index (χ0) is 23.8. The summed E-state index contributed by atoms with van der Waals surface area (Å²) in [6.07, 6.45) is 0.836. The van der Waals surface area contributed by atoms with Crippen molar-refractivity contribution in [2.24, 2.45) is 11.5 Å². The van der Waals surface area contributed by atoms with Gasteiger partial charge < -0.3 is 42.4 Å². The van der Waals surface area contributed by atoms with Crippen LogP contribution in [0.4, 0.5) is 0 Å². The first kappa shape index (κ1) is 27.9. The number of carboxylic acids is 2. The number of carbonyl (C=O) groups excluding carboxylic acids is 4. The molecule has 0 heterocycles. The highest BCUT2D eigenvalue weighted by Crippen LogP contribution is 2.02. The molecule has 0 saturated carbocycles. The smallest absolute Gasteiger partial charge is 0.303 e. The number of nitrogens with two attached hydrogens (primary N) is 2. The van der Waals surface area contributed by atoms with Crippen molar-refractivity contribution in [2.75, 3.05) is 13.1 Å². The van der Waals surface area contributed by atoms with Gasteiger partial charge in [-0.3, -0.25) is 24.0 Å². The van der Waals surface area contributed by atoms with E-state index in [1.54, 1.807) is 0 Å². The Kier molecular flexibility index (Phi) is 14.2. The molecule has 0 spiro atoms. The third kappa shape index (κ3) is 13.7. The van der Waals surface area contributed by atoms with Crippen LogP contribution in [0.25, 0.3) is 0 Å². The predicted molar refractivity (Wildman–Crippen MR) is 108 cm³/mol. The Morgan fingerprint density at radius 3 is 2.03 bits per heavy atom. The maximum atomic E-state index is 12.4. The van der Waals surface area contributed by atoms with Gasteiger partial charge in [0.25, 0.3) is 0 Å². The molecule has 0 bridgehead atoms. The molecule has 0 aromatic rings. The number of aliphatic carboxylic acids is 2. The lowest BCUT2D eigenvalue weighted by Gasteiger charge is -2.20. The molecule has 0 unspecified atom stereocenters. The average Bonchev–Trinajstić information content (AvgIpc) is 2.71. The Balaban J connectivity index is 4.78. The lowest BCUT2D eigenvalue weighted by Crippen LogP contribution is -2.53. The summed E-state index contributed by atoms with van der Waals surface area (Å²) >= 11 is 0. The van der Waals surface area contributed by atoms with Gasteiger partial charge in [0, 0.05) is 12.8 Å². The van der Waals surface area contributed by atoms with Crippen LogP contribution in [-0.2, 0) is 28.8 Å². The van der Waals surface area contributed by atoms with Gasteiger partial charge in [-0.25, -0.2) is 0 Å². The minimum absolute atomic E-state index is 0.164. The number of hydrogen-bond acceptors (Lipinski definition) is 8. The number of nitrogens with one attached hydrogen (secondary N) is 3. The number of amides is 3. The lowest BCUT2D eigenvalue weighted by molar-refractivity contribution is -0.139. The molecule has 13 heteroatoms. The molecule has 0 aromatic heterocycles. The van der Waals surface area contributed by atoms with Crippen molar-refractivity contribution in [1.29, 1.82) is 0 Å². The van der Waals surface area contributed by atoms with Gasteiger partial charge in [0.15, 0.2) is 0 Å². The van der Waals surface area contributed by atoms with Crippen molar-refractivity contribution in [2.45, 2.75) is 63.1 Å². The van der Waals surface area contributed by atoms with Gasteiger partial charge in [0.1, 0.15) is 12.3 Å². The molecule has 176 valence electrons. The van der Waals surface area contributed by atoms with Crippen LogP contribution < -0.4 is 27.4 Å². The second-order valence-electron chi connectivity index (χ2n) is 6.84. The number of unbranched alkanes of at least 4 members (excludes halogenated alkanes) is 1. The summed E-state index contributed by atoms with van der Waals surface area (Å²) in [5.74, 6) is -4.54. The van der Waals surface area contributed by atoms with Crippen molar-refractivity contribution in [3.8, 4) is 0 Å². The Bertz CT molecular complexity index is 642. The molecular weight excluding hydrogens is 414 g/mol. The first-order valence-electron chi connectivity index (χ1n) is 9.82. The summed E-state index contributed by atoms with van der Waals surface area (Å²) in [7, 11) is 0. The van der Waals surface area contributed by atoms with E-state index in [2.05, 4.69) is 16.0 Å². The molecule has 3 amide bonds. The summed E-state index contributed by atoms with van der Waals surface area (Å²) in [6, 6.07) is -3.24. The fraction of sp³-hybridized carbons (Fsp3) is 0.667.